The third kappa shape index (κ3) is 4.44. The van der Waals surface area contributed by atoms with Gasteiger partial charge in [0.2, 0.25) is 0 Å². The second-order valence-electron chi connectivity index (χ2n) is 5.91. The summed E-state index contributed by atoms with van der Waals surface area (Å²) < 4.78 is 13.9. The molecule has 1 fully saturated rings. The van der Waals surface area contributed by atoms with Crippen LogP contribution in [0.25, 0.3) is 0 Å². The van der Waals surface area contributed by atoms with Gasteiger partial charge in [0.1, 0.15) is 5.82 Å². The van der Waals surface area contributed by atoms with E-state index in [1.165, 1.54) is 25.3 Å². The molecule has 1 aliphatic rings. The highest BCUT2D eigenvalue weighted by Crippen LogP contribution is 2.18. The number of benzene rings is 1. The van der Waals surface area contributed by atoms with Gasteiger partial charge in [-0.15, -0.1) is 0 Å². The minimum absolute atomic E-state index is 0.209. The van der Waals surface area contributed by atoms with E-state index in [1.54, 1.807) is 12.1 Å². The van der Waals surface area contributed by atoms with Gasteiger partial charge in [-0.3, -0.25) is 4.90 Å². The summed E-state index contributed by atoms with van der Waals surface area (Å²) in [7, 11) is 0. The van der Waals surface area contributed by atoms with Crippen LogP contribution in [0.4, 0.5) is 4.39 Å². The van der Waals surface area contributed by atoms with E-state index < -0.39 is 0 Å². The van der Waals surface area contributed by atoms with Crippen LogP contribution in [0.5, 0.6) is 0 Å². The topological polar surface area (TPSA) is 15.3 Å². The largest absolute Gasteiger partial charge is 0.313 e. The molecule has 1 heterocycles. The molecule has 1 unspecified atom stereocenters. The number of hydrogen-bond donors (Lipinski definition) is 1. The van der Waals surface area contributed by atoms with E-state index in [0.717, 1.165) is 18.7 Å². The Balaban J connectivity index is 2.01. The van der Waals surface area contributed by atoms with Crippen LogP contribution in [0.1, 0.15) is 38.7 Å². The highest BCUT2D eigenvalue weighted by molar-refractivity contribution is 6.30. The first-order chi connectivity index (χ1) is 9.56. The lowest BCUT2D eigenvalue weighted by Gasteiger charge is -2.33. The zero-order valence-corrected chi connectivity index (χ0v) is 13.1. The lowest BCUT2D eigenvalue weighted by Crippen LogP contribution is -2.45. The summed E-state index contributed by atoms with van der Waals surface area (Å²) in [6, 6.07) is 5.88. The molecule has 1 aromatic rings. The second kappa shape index (κ2) is 7.39. The van der Waals surface area contributed by atoms with Crippen LogP contribution in [0, 0.1) is 5.82 Å². The highest BCUT2D eigenvalue weighted by Gasteiger charge is 2.19. The van der Waals surface area contributed by atoms with Crippen LogP contribution in [0.15, 0.2) is 18.2 Å². The number of rotatable bonds is 5. The quantitative estimate of drug-likeness (QED) is 0.889. The second-order valence-corrected chi connectivity index (χ2v) is 6.34. The fraction of sp³-hybridized carbons (Fsp3) is 0.625. The summed E-state index contributed by atoms with van der Waals surface area (Å²) in [4.78, 5) is 2.33. The Hall–Kier alpha value is -0.640. The van der Waals surface area contributed by atoms with Crippen molar-refractivity contribution in [2.24, 2.45) is 0 Å². The predicted octanol–water partition coefficient (Wildman–Crippen LogP) is 3.83. The Bertz CT molecular complexity index is 430. The van der Waals surface area contributed by atoms with Crippen molar-refractivity contribution in [2.75, 3.05) is 13.1 Å². The lowest BCUT2D eigenvalue weighted by atomic mass is 10.0. The minimum Gasteiger partial charge on any atom is -0.313 e. The Morgan fingerprint density at radius 1 is 1.40 bits per heavy atom. The average molecular weight is 299 g/mol. The van der Waals surface area contributed by atoms with Crippen molar-refractivity contribution in [3.05, 3.63) is 34.6 Å². The Morgan fingerprint density at radius 2 is 2.20 bits per heavy atom. The smallest absolute Gasteiger partial charge is 0.129 e. The maximum Gasteiger partial charge on any atom is 0.129 e. The van der Waals surface area contributed by atoms with Crippen molar-refractivity contribution in [1.82, 2.24) is 10.2 Å². The molecule has 0 saturated carbocycles. The highest BCUT2D eigenvalue weighted by atomic mass is 35.5. The molecule has 1 aliphatic heterocycles. The number of halogens is 2. The fourth-order valence-electron chi connectivity index (χ4n) is 2.69. The molecular formula is C16H24ClFN2. The monoisotopic (exact) mass is 298 g/mol. The van der Waals surface area contributed by atoms with Gasteiger partial charge in [0.15, 0.2) is 0 Å². The maximum absolute atomic E-state index is 13.9. The van der Waals surface area contributed by atoms with Gasteiger partial charge in [-0.1, -0.05) is 24.1 Å². The van der Waals surface area contributed by atoms with Crippen molar-refractivity contribution in [3.8, 4) is 0 Å². The molecule has 0 amide bonds. The Labute approximate surface area is 126 Å². The van der Waals surface area contributed by atoms with Crippen LogP contribution in [-0.2, 0) is 6.54 Å². The molecule has 1 atom stereocenters. The van der Waals surface area contributed by atoms with Gasteiger partial charge in [0, 0.05) is 35.8 Å². The van der Waals surface area contributed by atoms with Crippen molar-refractivity contribution in [3.63, 3.8) is 0 Å². The van der Waals surface area contributed by atoms with E-state index in [4.69, 9.17) is 11.6 Å². The van der Waals surface area contributed by atoms with Gasteiger partial charge in [-0.2, -0.15) is 0 Å². The van der Waals surface area contributed by atoms with Crippen LogP contribution >= 0.6 is 11.6 Å². The molecule has 1 saturated heterocycles. The standard InChI is InChI=1S/C16H24ClFN2/c1-12(2)20(11-15-5-3-4-8-19-15)10-13-6-7-14(17)9-16(13)18/h6-7,9,12,15,19H,3-5,8,10-11H2,1-2H3. The van der Waals surface area contributed by atoms with Gasteiger partial charge in [0.05, 0.1) is 0 Å². The summed E-state index contributed by atoms with van der Waals surface area (Å²) in [5.41, 5.74) is 0.721. The number of nitrogens with one attached hydrogen (secondary N) is 1. The minimum atomic E-state index is -0.209. The number of nitrogens with zero attached hydrogens (tertiary/aromatic N) is 1. The van der Waals surface area contributed by atoms with Gasteiger partial charge in [-0.05, 0) is 45.4 Å². The van der Waals surface area contributed by atoms with Gasteiger partial charge in [-0.25, -0.2) is 4.39 Å². The van der Waals surface area contributed by atoms with Crippen LogP contribution in [0.3, 0.4) is 0 Å². The van der Waals surface area contributed by atoms with Crippen molar-refractivity contribution in [2.45, 2.75) is 51.7 Å². The van der Waals surface area contributed by atoms with Gasteiger partial charge >= 0.3 is 0 Å². The van der Waals surface area contributed by atoms with E-state index in [0.29, 0.717) is 23.7 Å². The molecule has 0 aromatic heterocycles. The van der Waals surface area contributed by atoms with E-state index in [1.807, 2.05) is 0 Å². The van der Waals surface area contributed by atoms with Gasteiger partial charge in [0.25, 0.3) is 0 Å². The van der Waals surface area contributed by atoms with Gasteiger partial charge < -0.3 is 5.32 Å². The number of hydrogen-bond acceptors (Lipinski definition) is 2. The average Bonchev–Trinajstić information content (AvgIpc) is 2.42. The van der Waals surface area contributed by atoms with Crippen LogP contribution in [0.2, 0.25) is 5.02 Å². The first-order valence-corrected chi connectivity index (χ1v) is 7.85. The first-order valence-electron chi connectivity index (χ1n) is 7.47. The van der Waals surface area contributed by atoms with Crippen LogP contribution < -0.4 is 5.32 Å². The molecule has 1 N–H and O–H groups in total. The summed E-state index contributed by atoms with van der Waals surface area (Å²) in [5, 5.41) is 4.01. The van der Waals surface area contributed by atoms with E-state index in [-0.39, 0.29) is 5.82 Å². The van der Waals surface area contributed by atoms with E-state index in [9.17, 15) is 4.39 Å². The zero-order chi connectivity index (χ0) is 14.5. The normalized spacial score (nSPS) is 19.8. The zero-order valence-electron chi connectivity index (χ0n) is 12.3. The predicted molar refractivity (Wildman–Crippen MR) is 82.6 cm³/mol. The SMILES string of the molecule is CC(C)N(Cc1ccc(Cl)cc1F)CC1CCCCN1. The van der Waals surface area contributed by atoms with Crippen molar-refractivity contribution in [1.29, 1.82) is 0 Å². The van der Waals surface area contributed by atoms with E-state index >= 15 is 0 Å². The molecule has 2 rings (SSSR count). The summed E-state index contributed by atoms with van der Waals surface area (Å²) in [5.74, 6) is -0.209. The molecule has 0 radical (unpaired) electrons. The Kier molecular flexibility index (Phi) is 5.82. The molecule has 4 heteroatoms. The molecule has 0 aliphatic carbocycles. The van der Waals surface area contributed by atoms with E-state index in [2.05, 4.69) is 24.1 Å². The molecule has 0 bridgehead atoms. The molecule has 1 aromatic carbocycles. The summed E-state index contributed by atoms with van der Waals surface area (Å²) in [6.45, 7) is 7.04. The fourth-order valence-corrected chi connectivity index (χ4v) is 2.85. The third-order valence-electron chi connectivity index (χ3n) is 3.99. The van der Waals surface area contributed by atoms with Crippen molar-refractivity contribution < 1.29 is 4.39 Å². The Morgan fingerprint density at radius 3 is 2.80 bits per heavy atom. The number of piperidine rings is 1. The van der Waals surface area contributed by atoms with Crippen LogP contribution in [-0.4, -0.2) is 30.1 Å². The lowest BCUT2D eigenvalue weighted by molar-refractivity contribution is 0.175. The van der Waals surface area contributed by atoms with Crippen molar-refractivity contribution >= 4 is 11.6 Å². The maximum atomic E-state index is 13.9. The summed E-state index contributed by atoms with van der Waals surface area (Å²) >= 11 is 5.81. The first kappa shape index (κ1) is 15.7. The molecule has 112 valence electrons. The molecule has 20 heavy (non-hydrogen) atoms. The third-order valence-corrected chi connectivity index (χ3v) is 4.22. The molecule has 2 nitrogen and oxygen atoms in total. The summed E-state index contributed by atoms with van der Waals surface area (Å²) in [6.07, 6.45) is 3.77. The molecular weight excluding hydrogens is 275 g/mol. The molecule has 0 spiro atoms.